The van der Waals surface area contributed by atoms with Gasteiger partial charge < -0.3 is 25.2 Å². The fourth-order valence-corrected chi connectivity index (χ4v) is 4.56. The van der Waals surface area contributed by atoms with Gasteiger partial charge in [0.2, 0.25) is 5.91 Å². The molecule has 1 aliphatic heterocycles. The molecular formula is C25H28N2O6. The van der Waals surface area contributed by atoms with E-state index in [2.05, 4.69) is 22.8 Å². The molecule has 3 N–H and O–H groups in total. The summed E-state index contributed by atoms with van der Waals surface area (Å²) < 4.78 is 10.7. The Hall–Kier alpha value is -3.39. The Labute approximate surface area is 192 Å². The van der Waals surface area contributed by atoms with Gasteiger partial charge in [0.15, 0.2) is 0 Å². The van der Waals surface area contributed by atoms with Gasteiger partial charge in [-0.15, -0.1) is 0 Å². The van der Waals surface area contributed by atoms with E-state index in [0.717, 1.165) is 22.3 Å². The second-order valence-electron chi connectivity index (χ2n) is 8.41. The maximum absolute atomic E-state index is 12.8. The topological polar surface area (TPSA) is 114 Å². The van der Waals surface area contributed by atoms with Gasteiger partial charge in [-0.05, 0) is 28.7 Å². The smallest absolute Gasteiger partial charge is 0.407 e. The average molecular weight is 453 g/mol. The number of carbonyl (C=O) groups is 3. The standard InChI is InChI=1S/C25H28N2O6/c1-2-7-21(23(28)26-22-14-32-12-20(22)24(29)30)27-25(31)33-13-19-17-10-5-3-8-15(17)16-9-4-6-11-18(16)19/h3-6,8-11,19-22H,2,7,12-14H2,1H3,(H,26,28)(H,27,31)(H,29,30). The van der Waals surface area contributed by atoms with Crippen molar-refractivity contribution in [2.75, 3.05) is 19.8 Å². The van der Waals surface area contributed by atoms with Gasteiger partial charge in [-0.25, -0.2) is 4.79 Å². The van der Waals surface area contributed by atoms with Gasteiger partial charge >= 0.3 is 12.1 Å². The zero-order valence-corrected chi connectivity index (χ0v) is 18.5. The number of hydrogen-bond donors (Lipinski definition) is 3. The highest BCUT2D eigenvalue weighted by Gasteiger charge is 2.36. The summed E-state index contributed by atoms with van der Waals surface area (Å²) in [5.74, 6) is -2.33. The van der Waals surface area contributed by atoms with Gasteiger partial charge in [0, 0.05) is 5.92 Å². The van der Waals surface area contributed by atoms with Crippen LogP contribution in [0, 0.1) is 5.92 Å². The minimum Gasteiger partial charge on any atom is -0.481 e. The van der Waals surface area contributed by atoms with E-state index in [-0.39, 0.29) is 25.7 Å². The molecule has 3 atom stereocenters. The zero-order valence-electron chi connectivity index (χ0n) is 18.5. The molecule has 33 heavy (non-hydrogen) atoms. The number of nitrogens with one attached hydrogen (secondary N) is 2. The van der Waals surface area contributed by atoms with E-state index in [4.69, 9.17) is 9.47 Å². The van der Waals surface area contributed by atoms with E-state index in [1.54, 1.807) is 0 Å². The molecule has 2 aliphatic rings. The quantitative estimate of drug-likeness (QED) is 0.568. The van der Waals surface area contributed by atoms with Crippen LogP contribution in [0.5, 0.6) is 0 Å². The first-order valence-electron chi connectivity index (χ1n) is 11.2. The van der Waals surface area contributed by atoms with Crippen molar-refractivity contribution in [2.45, 2.75) is 37.8 Å². The second kappa shape index (κ2) is 10.0. The van der Waals surface area contributed by atoms with Crippen molar-refractivity contribution in [3.63, 3.8) is 0 Å². The lowest BCUT2D eigenvalue weighted by Gasteiger charge is -2.22. The summed E-state index contributed by atoms with van der Waals surface area (Å²) in [5.41, 5.74) is 4.49. The highest BCUT2D eigenvalue weighted by Crippen LogP contribution is 2.44. The van der Waals surface area contributed by atoms with Crippen molar-refractivity contribution in [3.8, 4) is 11.1 Å². The van der Waals surface area contributed by atoms with Gasteiger partial charge in [-0.3, -0.25) is 9.59 Å². The predicted molar refractivity (Wildman–Crippen MR) is 121 cm³/mol. The molecule has 1 saturated heterocycles. The third-order valence-corrected chi connectivity index (χ3v) is 6.25. The van der Waals surface area contributed by atoms with E-state index < -0.39 is 36.0 Å². The molecule has 8 nitrogen and oxygen atoms in total. The van der Waals surface area contributed by atoms with Crippen molar-refractivity contribution in [1.29, 1.82) is 0 Å². The zero-order chi connectivity index (χ0) is 23.4. The number of carbonyl (C=O) groups excluding carboxylic acids is 2. The van der Waals surface area contributed by atoms with Crippen molar-refractivity contribution in [3.05, 3.63) is 59.7 Å². The van der Waals surface area contributed by atoms with E-state index in [1.807, 2.05) is 43.3 Å². The van der Waals surface area contributed by atoms with Crippen LogP contribution in [0.25, 0.3) is 11.1 Å². The largest absolute Gasteiger partial charge is 0.481 e. The van der Waals surface area contributed by atoms with Crippen molar-refractivity contribution >= 4 is 18.0 Å². The minimum absolute atomic E-state index is 0.0541. The first-order valence-corrected chi connectivity index (χ1v) is 11.2. The normalized spacial score (nSPS) is 19.9. The predicted octanol–water partition coefficient (Wildman–Crippen LogP) is 2.91. The van der Waals surface area contributed by atoms with Crippen LogP contribution < -0.4 is 10.6 Å². The molecule has 0 radical (unpaired) electrons. The summed E-state index contributed by atoms with van der Waals surface area (Å²) in [4.78, 5) is 36.7. The fourth-order valence-electron chi connectivity index (χ4n) is 4.56. The number of fused-ring (bicyclic) bond motifs is 3. The van der Waals surface area contributed by atoms with Crippen LogP contribution in [-0.4, -0.2) is 55.0 Å². The molecule has 2 amide bonds. The van der Waals surface area contributed by atoms with Crippen LogP contribution in [0.15, 0.2) is 48.5 Å². The first kappa shape index (κ1) is 22.8. The maximum Gasteiger partial charge on any atom is 0.407 e. The van der Waals surface area contributed by atoms with E-state index in [0.29, 0.717) is 12.8 Å². The third-order valence-electron chi connectivity index (χ3n) is 6.25. The summed E-state index contributed by atoms with van der Waals surface area (Å²) >= 11 is 0. The Morgan fingerprint density at radius 3 is 2.30 bits per heavy atom. The molecule has 0 spiro atoms. The lowest BCUT2D eigenvalue weighted by Crippen LogP contribution is -2.52. The molecule has 0 saturated carbocycles. The lowest BCUT2D eigenvalue weighted by atomic mass is 9.98. The van der Waals surface area contributed by atoms with Gasteiger partial charge in [-0.2, -0.15) is 0 Å². The average Bonchev–Trinajstić information content (AvgIpc) is 3.40. The van der Waals surface area contributed by atoms with Gasteiger partial charge in [0.25, 0.3) is 0 Å². The highest BCUT2D eigenvalue weighted by molar-refractivity contribution is 5.86. The number of hydrogen-bond acceptors (Lipinski definition) is 5. The molecule has 1 fully saturated rings. The summed E-state index contributed by atoms with van der Waals surface area (Å²) in [6.45, 7) is 2.24. The van der Waals surface area contributed by atoms with E-state index in [1.165, 1.54) is 0 Å². The van der Waals surface area contributed by atoms with Crippen molar-refractivity contribution in [1.82, 2.24) is 10.6 Å². The Bertz CT molecular complexity index is 994. The number of ether oxygens (including phenoxy) is 2. The lowest BCUT2D eigenvalue weighted by molar-refractivity contribution is -0.142. The van der Waals surface area contributed by atoms with E-state index >= 15 is 0 Å². The molecule has 4 rings (SSSR count). The summed E-state index contributed by atoms with van der Waals surface area (Å²) in [6, 6.07) is 14.7. The van der Waals surface area contributed by atoms with Gasteiger partial charge in [0.05, 0.1) is 19.3 Å². The Morgan fingerprint density at radius 2 is 1.70 bits per heavy atom. The van der Waals surface area contributed by atoms with Crippen LogP contribution in [0.4, 0.5) is 4.79 Å². The second-order valence-corrected chi connectivity index (χ2v) is 8.41. The summed E-state index contributed by atoms with van der Waals surface area (Å²) in [7, 11) is 0. The Kier molecular flexibility index (Phi) is 6.93. The highest BCUT2D eigenvalue weighted by atomic mass is 16.5. The molecule has 0 aromatic heterocycles. The molecular weight excluding hydrogens is 424 g/mol. The molecule has 2 aromatic carbocycles. The van der Waals surface area contributed by atoms with Crippen LogP contribution >= 0.6 is 0 Å². The van der Waals surface area contributed by atoms with Crippen molar-refractivity contribution < 1.29 is 29.0 Å². The number of aliphatic carboxylic acids is 1. The Balaban J connectivity index is 1.38. The number of rotatable bonds is 8. The number of benzene rings is 2. The Morgan fingerprint density at radius 1 is 1.06 bits per heavy atom. The van der Waals surface area contributed by atoms with Crippen LogP contribution in [0.1, 0.15) is 36.8 Å². The van der Waals surface area contributed by atoms with Crippen molar-refractivity contribution in [2.24, 2.45) is 5.92 Å². The number of carboxylic acid groups (broad SMARTS) is 1. The van der Waals surface area contributed by atoms with E-state index in [9.17, 15) is 19.5 Å². The minimum atomic E-state index is -1.02. The van der Waals surface area contributed by atoms with Gasteiger partial charge in [0.1, 0.15) is 18.6 Å². The maximum atomic E-state index is 12.8. The third kappa shape index (κ3) is 4.85. The number of carboxylic acids is 1. The first-order chi connectivity index (χ1) is 16.0. The molecule has 1 heterocycles. The number of alkyl carbamates (subject to hydrolysis) is 1. The summed E-state index contributed by atoms with van der Waals surface area (Å²) in [5, 5.41) is 14.6. The number of amides is 2. The SMILES string of the molecule is CCCC(NC(=O)OCC1c2ccccc2-c2ccccc21)C(=O)NC1COCC1C(=O)O. The van der Waals surface area contributed by atoms with Crippen LogP contribution in [0.3, 0.4) is 0 Å². The van der Waals surface area contributed by atoms with Crippen LogP contribution in [-0.2, 0) is 19.1 Å². The molecule has 0 bridgehead atoms. The monoisotopic (exact) mass is 452 g/mol. The fraction of sp³-hybridized carbons (Fsp3) is 0.400. The molecule has 2 aromatic rings. The molecule has 3 unspecified atom stereocenters. The van der Waals surface area contributed by atoms with Crippen LogP contribution in [0.2, 0.25) is 0 Å². The molecule has 8 heteroatoms. The summed E-state index contributed by atoms with van der Waals surface area (Å²) in [6.07, 6.45) is 0.384. The van der Waals surface area contributed by atoms with Gasteiger partial charge in [-0.1, -0.05) is 61.9 Å². The molecule has 1 aliphatic carbocycles. The molecule has 174 valence electrons.